The van der Waals surface area contributed by atoms with E-state index in [-0.39, 0.29) is 35.6 Å². The van der Waals surface area contributed by atoms with Crippen LogP contribution < -0.4 is 16.0 Å². The summed E-state index contributed by atoms with van der Waals surface area (Å²) in [7, 11) is 0. The van der Waals surface area contributed by atoms with Gasteiger partial charge in [0.2, 0.25) is 0 Å². The number of benzene rings is 1. The molecule has 0 bridgehead atoms. The molecule has 132 valence electrons. The largest absolute Gasteiger partial charge is 0.357 e. The average Bonchev–Trinajstić information content (AvgIpc) is 2.43. The number of nitrogens with zero attached hydrogens (tertiary/aromatic N) is 1. The van der Waals surface area contributed by atoms with Gasteiger partial charge in [0.05, 0.1) is 12.6 Å². The maximum absolute atomic E-state index is 5.93. The van der Waals surface area contributed by atoms with Crippen molar-refractivity contribution in [3.05, 3.63) is 34.9 Å². The summed E-state index contributed by atoms with van der Waals surface area (Å²) >= 11 is 5.93. The Morgan fingerprint density at radius 1 is 1.22 bits per heavy atom. The van der Waals surface area contributed by atoms with Crippen LogP contribution in [0.3, 0.4) is 0 Å². The quantitative estimate of drug-likeness (QED) is 0.265. The van der Waals surface area contributed by atoms with Crippen molar-refractivity contribution < 1.29 is 0 Å². The lowest BCUT2D eigenvalue weighted by Crippen LogP contribution is -2.40. The van der Waals surface area contributed by atoms with Gasteiger partial charge in [0.25, 0.3) is 0 Å². The van der Waals surface area contributed by atoms with Crippen LogP contribution in [0, 0.1) is 0 Å². The standard InChI is InChI=1S/C17H29ClN4.HI/c1-6-19-16(20-11-12-21-17(3,4)5)22-13(2)14-7-9-15(18)10-8-14;/h7-10,13,21H,6,11-12H2,1-5H3,(H2,19,20,22);1H. The van der Waals surface area contributed by atoms with Crippen LogP contribution >= 0.6 is 35.6 Å². The summed E-state index contributed by atoms with van der Waals surface area (Å²) in [6.45, 7) is 13.1. The fourth-order valence-corrected chi connectivity index (χ4v) is 2.08. The van der Waals surface area contributed by atoms with Gasteiger partial charge in [-0.2, -0.15) is 0 Å². The van der Waals surface area contributed by atoms with Crippen LogP contribution in [-0.4, -0.2) is 31.1 Å². The van der Waals surface area contributed by atoms with E-state index in [2.05, 4.69) is 55.6 Å². The maximum atomic E-state index is 5.93. The van der Waals surface area contributed by atoms with Crippen LogP contribution in [-0.2, 0) is 0 Å². The summed E-state index contributed by atoms with van der Waals surface area (Å²) in [5, 5.41) is 10.9. The molecule has 1 aromatic rings. The number of hydrogen-bond donors (Lipinski definition) is 3. The first-order valence-corrected chi connectivity index (χ1v) is 8.25. The minimum absolute atomic E-state index is 0. The maximum Gasteiger partial charge on any atom is 0.191 e. The summed E-state index contributed by atoms with van der Waals surface area (Å²) in [5.74, 6) is 0.834. The van der Waals surface area contributed by atoms with Gasteiger partial charge in [-0.05, 0) is 52.3 Å². The van der Waals surface area contributed by atoms with Crippen LogP contribution in [0.4, 0.5) is 0 Å². The van der Waals surface area contributed by atoms with Crippen molar-refractivity contribution in [1.29, 1.82) is 0 Å². The van der Waals surface area contributed by atoms with E-state index in [0.29, 0.717) is 0 Å². The molecule has 1 atom stereocenters. The van der Waals surface area contributed by atoms with Crippen molar-refractivity contribution in [1.82, 2.24) is 16.0 Å². The van der Waals surface area contributed by atoms with Gasteiger partial charge in [0.15, 0.2) is 5.96 Å². The Labute approximate surface area is 162 Å². The molecule has 0 heterocycles. The first kappa shape index (κ1) is 22.5. The molecule has 0 aliphatic carbocycles. The summed E-state index contributed by atoms with van der Waals surface area (Å²) < 4.78 is 0. The SMILES string of the molecule is CCNC(=NCCNC(C)(C)C)NC(C)c1ccc(Cl)cc1.I. The Morgan fingerprint density at radius 3 is 2.35 bits per heavy atom. The number of guanidine groups is 1. The third kappa shape index (κ3) is 10.0. The second kappa shape index (κ2) is 11.1. The van der Waals surface area contributed by atoms with Gasteiger partial charge in [0, 0.05) is 23.7 Å². The fourth-order valence-electron chi connectivity index (χ4n) is 1.96. The highest BCUT2D eigenvalue weighted by atomic mass is 127. The second-order valence-corrected chi connectivity index (χ2v) is 6.79. The van der Waals surface area contributed by atoms with Crippen LogP contribution in [0.1, 0.15) is 46.2 Å². The smallest absolute Gasteiger partial charge is 0.191 e. The molecule has 0 aliphatic rings. The fraction of sp³-hybridized carbons (Fsp3) is 0.588. The molecule has 1 rings (SSSR count). The average molecular weight is 453 g/mol. The molecule has 0 aromatic heterocycles. The summed E-state index contributed by atoms with van der Waals surface area (Å²) in [6, 6.07) is 8.06. The van der Waals surface area contributed by atoms with E-state index in [1.54, 1.807) is 0 Å². The summed E-state index contributed by atoms with van der Waals surface area (Å²) in [5.41, 5.74) is 1.31. The summed E-state index contributed by atoms with van der Waals surface area (Å²) in [4.78, 5) is 4.61. The number of nitrogens with one attached hydrogen (secondary N) is 3. The molecule has 23 heavy (non-hydrogen) atoms. The van der Waals surface area contributed by atoms with Gasteiger partial charge in [-0.1, -0.05) is 23.7 Å². The third-order valence-electron chi connectivity index (χ3n) is 3.10. The Hall–Kier alpha value is -0.530. The molecule has 0 amide bonds. The molecular formula is C17H30ClIN4. The molecular weight excluding hydrogens is 423 g/mol. The van der Waals surface area contributed by atoms with E-state index in [1.807, 2.05) is 24.3 Å². The molecule has 3 N–H and O–H groups in total. The van der Waals surface area contributed by atoms with Gasteiger partial charge >= 0.3 is 0 Å². The number of hydrogen-bond acceptors (Lipinski definition) is 2. The van der Waals surface area contributed by atoms with Crippen molar-refractivity contribution in [2.24, 2.45) is 4.99 Å². The van der Waals surface area contributed by atoms with Crippen molar-refractivity contribution in [3.63, 3.8) is 0 Å². The van der Waals surface area contributed by atoms with Crippen molar-refractivity contribution in [2.75, 3.05) is 19.6 Å². The number of aliphatic imine (C=N–C) groups is 1. The molecule has 0 fully saturated rings. The Balaban J connectivity index is 0.00000484. The monoisotopic (exact) mass is 452 g/mol. The molecule has 0 spiro atoms. The molecule has 0 radical (unpaired) electrons. The van der Waals surface area contributed by atoms with Gasteiger partial charge in [-0.3, -0.25) is 4.99 Å². The van der Waals surface area contributed by atoms with Crippen LogP contribution in [0.25, 0.3) is 0 Å². The van der Waals surface area contributed by atoms with Crippen LogP contribution in [0.5, 0.6) is 0 Å². The highest BCUT2D eigenvalue weighted by Gasteiger charge is 2.09. The first-order valence-electron chi connectivity index (χ1n) is 7.87. The topological polar surface area (TPSA) is 48.5 Å². The minimum Gasteiger partial charge on any atom is -0.357 e. The Morgan fingerprint density at radius 2 is 1.83 bits per heavy atom. The summed E-state index contributed by atoms with van der Waals surface area (Å²) in [6.07, 6.45) is 0. The van der Waals surface area contributed by atoms with E-state index in [1.165, 1.54) is 5.56 Å². The molecule has 0 aliphatic heterocycles. The van der Waals surface area contributed by atoms with Crippen LogP contribution in [0.15, 0.2) is 29.3 Å². The minimum atomic E-state index is 0. The lowest BCUT2D eigenvalue weighted by molar-refractivity contribution is 0.432. The lowest BCUT2D eigenvalue weighted by Gasteiger charge is -2.21. The first-order chi connectivity index (χ1) is 10.3. The van der Waals surface area contributed by atoms with E-state index in [9.17, 15) is 0 Å². The Kier molecular flexibility index (Phi) is 10.8. The molecule has 6 heteroatoms. The Bertz CT molecular complexity index is 468. The normalized spacial score (nSPS) is 13.2. The molecule has 0 saturated carbocycles. The zero-order chi connectivity index (χ0) is 16.6. The second-order valence-electron chi connectivity index (χ2n) is 6.36. The molecule has 1 aromatic carbocycles. The van der Waals surface area contributed by atoms with Crippen molar-refractivity contribution >= 4 is 41.5 Å². The predicted octanol–water partition coefficient (Wildman–Crippen LogP) is 3.96. The zero-order valence-electron chi connectivity index (χ0n) is 14.7. The van der Waals surface area contributed by atoms with Crippen molar-refractivity contribution in [3.8, 4) is 0 Å². The van der Waals surface area contributed by atoms with Crippen molar-refractivity contribution in [2.45, 2.75) is 46.2 Å². The number of rotatable bonds is 6. The van der Waals surface area contributed by atoms with E-state index >= 15 is 0 Å². The third-order valence-corrected chi connectivity index (χ3v) is 3.36. The van der Waals surface area contributed by atoms with E-state index in [4.69, 9.17) is 11.6 Å². The van der Waals surface area contributed by atoms with Gasteiger partial charge < -0.3 is 16.0 Å². The molecule has 1 unspecified atom stereocenters. The predicted molar refractivity (Wildman–Crippen MR) is 112 cm³/mol. The van der Waals surface area contributed by atoms with E-state index in [0.717, 1.165) is 30.6 Å². The zero-order valence-corrected chi connectivity index (χ0v) is 17.8. The van der Waals surface area contributed by atoms with Crippen LogP contribution in [0.2, 0.25) is 5.02 Å². The molecule has 0 saturated heterocycles. The van der Waals surface area contributed by atoms with Gasteiger partial charge in [-0.25, -0.2) is 0 Å². The molecule has 4 nitrogen and oxygen atoms in total. The van der Waals surface area contributed by atoms with E-state index < -0.39 is 0 Å². The highest BCUT2D eigenvalue weighted by molar-refractivity contribution is 14.0. The van der Waals surface area contributed by atoms with Gasteiger partial charge in [0.1, 0.15) is 0 Å². The lowest BCUT2D eigenvalue weighted by atomic mass is 10.1. The van der Waals surface area contributed by atoms with Gasteiger partial charge in [-0.15, -0.1) is 24.0 Å². The highest BCUT2D eigenvalue weighted by Crippen LogP contribution is 2.15. The number of halogens is 2.